The fraction of sp³-hybridized carbons (Fsp3) is 1.00. The predicted octanol–water partition coefficient (Wildman–Crippen LogP) is 3.49. The highest BCUT2D eigenvalue weighted by molar-refractivity contribution is 4.75. The topological polar surface area (TPSA) is 15.7 Å². The third-order valence-electron chi connectivity index (χ3n) is 5.86. The van der Waals surface area contributed by atoms with E-state index in [-0.39, 0.29) is 0 Å². The van der Waals surface area contributed by atoms with Gasteiger partial charge in [0.2, 0.25) is 0 Å². The first-order chi connectivity index (χ1) is 10.6. The van der Waals surface area contributed by atoms with Crippen LogP contribution < -0.4 is 0 Å². The van der Waals surface area contributed by atoms with Crippen LogP contribution in [0.15, 0.2) is 0 Å². The van der Waals surface area contributed by atoms with Crippen molar-refractivity contribution in [1.82, 2.24) is 9.80 Å². The zero-order chi connectivity index (χ0) is 15.9. The summed E-state index contributed by atoms with van der Waals surface area (Å²) in [6.07, 6.45) is 5.40. The van der Waals surface area contributed by atoms with E-state index in [1.54, 1.807) is 0 Å². The first-order valence-electron chi connectivity index (χ1n) is 9.60. The molecule has 2 rings (SSSR count). The number of hydrogen-bond acceptors (Lipinski definition) is 3. The molecule has 3 nitrogen and oxygen atoms in total. The number of nitrogens with zero attached hydrogens (tertiary/aromatic N) is 2. The summed E-state index contributed by atoms with van der Waals surface area (Å²) >= 11 is 0. The minimum atomic E-state index is 0.704. The molecule has 0 radical (unpaired) electrons. The Balaban J connectivity index is 1.50. The monoisotopic (exact) mass is 310 g/mol. The Bertz CT molecular complexity index is 260. The Labute approximate surface area is 138 Å². The molecule has 0 unspecified atom stereocenters. The molecule has 0 N–H and O–H groups in total. The molecule has 2 heterocycles. The highest BCUT2D eigenvalue weighted by Gasteiger charge is 2.22. The Morgan fingerprint density at radius 3 is 2.09 bits per heavy atom. The molecule has 2 aliphatic heterocycles. The molecular formula is C19H38N2O. The SMILES string of the molecule is CC(C)C1CCN(CCOCC2CCN(C(C)C)CC2)CC1. The molecule has 0 aromatic rings. The highest BCUT2D eigenvalue weighted by atomic mass is 16.5. The van der Waals surface area contributed by atoms with E-state index in [0.717, 1.165) is 37.5 Å². The molecule has 3 heteroatoms. The van der Waals surface area contributed by atoms with Gasteiger partial charge in [0.15, 0.2) is 0 Å². The second-order valence-corrected chi connectivity index (χ2v) is 8.07. The second kappa shape index (κ2) is 9.24. The van der Waals surface area contributed by atoms with Gasteiger partial charge in [0, 0.05) is 19.2 Å². The van der Waals surface area contributed by atoms with Crippen LogP contribution in [0, 0.1) is 17.8 Å². The zero-order valence-electron chi connectivity index (χ0n) is 15.4. The molecule has 2 fully saturated rings. The van der Waals surface area contributed by atoms with Crippen molar-refractivity contribution in [2.75, 3.05) is 45.9 Å². The van der Waals surface area contributed by atoms with E-state index in [2.05, 4.69) is 37.5 Å². The fourth-order valence-electron chi connectivity index (χ4n) is 3.92. The average Bonchev–Trinajstić information content (AvgIpc) is 2.52. The lowest BCUT2D eigenvalue weighted by Crippen LogP contribution is -2.40. The van der Waals surface area contributed by atoms with Crippen LogP contribution in [0.25, 0.3) is 0 Å². The van der Waals surface area contributed by atoms with E-state index in [1.807, 2.05) is 0 Å². The third-order valence-corrected chi connectivity index (χ3v) is 5.86. The molecule has 0 atom stereocenters. The Morgan fingerprint density at radius 1 is 0.909 bits per heavy atom. The maximum absolute atomic E-state index is 5.99. The van der Waals surface area contributed by atoms with Gasteiger partial charge < -0.3 is 14.5 Å². The summed E-state index contributed by atoms with van der Waals surface area (Å²) < 4.78 is 5.99. The Kier molecular flexibility index (Phi) is 7.66. The van der Waals surface area contributed by atoms with Crippen LogP contribution in [0.3, 0.4) is 0 Å². The van der Waals surface area contributed by atoms with Gasteiger partial charge in [-0.3, -0.25) is 0 Å². The summed E-state index contributed by atoms with van der Waals surface area (Å²) in [6, 6.07) is 0.704. The van der Waals surface area contributed by atoms with Crippen molar-refractivity contribution < 1.29 is 4.74 Å². The molecule has 0 aromatic carbocycles. The lowest BCUT2D eigenvalue weighted by molar-refractivity contribution is 0.0412. The standard InChI is InChI=1S/C19H38N2O/c1-16(2)19-7-9-20(10-8-19)13-14-22-15-18-5-11-21(12-6-18)17(3)4/h16-19H,5-15H2,1-4H3. The highest BCUT2D eigenvalue weighted by Crippen LogP contribution is 2.24. The lowest BCUT2D eigenvalue weighted by Gasteiger charge is -2.35. The normalized spacial score (nSPS) is 23.7. The smallest absolute Gasteiger partial charge is 0.0593 e. The van der Waals surface area contributed by atoms with Gasteiger partial charge in [0.1, 0.15) is 0 Å². The van der Waals surface area contributed by atoms with Gasteiger partial charge in [0.05, 0.1) is 6.61 Å². The Morgan fingerprint density at radius 2 is 1.55 bits per heavy atom. The molecule has 2 aliphatic rings. The van der Waals surface area contributed by atoms with E-state index in [0.29, 0.717) is 6.04 Å². The van der Waals surface area contributed by atoms with Crippen LogP contribution >= 0.6 is 0 Å². The van der Waals surface area contributed by atoms with Gasteiger partial charge in [-0.15, -0.1) is 0 Å². The first kappa shape index (κ1) is 18.2. The number of piperidine rings is 2. The quantitative estimate of drug-likeness (QED) is 0.670. The van der Waals surface area contributed by atoms with E-state index in [9.17, 15) is 0 Å². The van der Waals surface area contributed by atoms with Crippen LogP contribution in [0.5, 0.6) is 0 Å². The third kappa shape index (κ3) is 5.82. The van der Waals surface area contributed by atoms with Gasteiger partial charge in [-0.2, -0.15) is 0 Å². The Hall–Kier alpha value is -0.120. The van der Waals surface area contributed by atoms with Crippen molar-refractivity contribution in [3.63, 3.8) is 0 Å². The van der Waals surface area contributed by atoms with Crippen molar-refractivity contribution in [2.24, 2.45) is 17.8 Å². The van der Waals surface area contributed by atoms with Crippen molar-refractivity contribution >= 4 is 0 Å². The van der Waals surface area contributed by atoms with E-state index >= 15 is 0 Å². The molecule has 130 valence electrons. The van der Waals surface area contributed by atoms with Gasteiger partial charge in [-0.1, -0.05) is 13.8 Å². The van der Waals surface area contributed by atoms with Gasteiger partial charge in [0.25, 0.3) is 0 Å². The van der Waals surface area contributed by atoms with Crippen molar-refractivity contribution in [3.8, 4) is 0 Å². The number of likely N-dealkylation sites (tertiary alicyclic amines) is 2. The van der Waals surface area contributed by atoms with Crippen LogP contribution in [-0.4, -0.2) is 61.8 Å². The summed E-state index contributed by atoms with van der Waals surface area (Å²) in [5.41, 5.74) is 0. The molecule has 2 saturated heterocycles. The predicted molar refractivity (Wildman–Crippen MR) is 94.3 cm³/mol. The summed E-state index contributed by atoms with van der Waals surface area (Å²) in [7, 11) is 0. The molecule has 0 amide bonds. The van der Waals surface area contributed by atoms with Gasteiger partial charge >= 0.3 is 0 Å². The maximum Gasteiger partial charge on any atom is 0.0593 e. The van der Waals surface area contributed by atoms with E-state index < -0.39 is 0 Å². The molecule has 22 heavy (non-hydrogen) atoms. The fourth-order valence-corrected chi connectivity index (χ4v) is 3.92. The minimum absolute atomic E-state index is 0.704. The molecule has 0 spiro atoms. The summed E-state index contributed by atoms with van der Waals surface area (Å²) in [5.74, 6) is 2.60. The minimum Gasteiger partial charge on any atom is -0.380 e. The second-order valence-electron chi connectivity index (χ2n) is 8.07. The zero-order valence-corrected chi connectivity index (χ0v) is 15.4. The van der Waals surface area contributed by atoms with Crippen LogP contribution in [0.2, 0.25) is 0 Å². The summed E-state index contributed by atoms with van der Waals surface area (Å²) in [4.78, 5) is 5.19. The molecular weight excluding hydrogens is 272 g/mol. The van der Waals surface area contributed by atoms with Crippen molar-refractivity contribution in [3.05, 3.63) is 0 Å². The summed E-state index contributed by atoms with van der Waals surface area (Å²) in [6.45, 7) is 17.5. The largest absolute Gasteiger partial charge is 0.380 e. The summed E-state index contributed by atoms with van der Waals surface area (Å²) in [5, 5.41) is 0. The molecule has 0 aliphatic carbocycles. The van der Waals surface area contributed by atoms with Crippen molar-refractivity contribution in [2.45, 2.75) is 59.4 Å². The van der Waals surface area contributed by atoms with Crippen LogP contribution in [0.1, 0.15) is 53.4 Å². The number of hydrogen-bond donors (Lipinski definition) is 0. The first-order valence-corrected chi connectivity index (χ1v) is 9.60. The van der Waals surface area contributed by atoms with Gasteiger partial charge in [-0.25, -0.2) is 0 Å². The molecule has 0 saturated carbocycles. The van der Waals surface area contributed by atoms with Crippen LogP contribution in [0.4, 0.5) is 0 Å². The maximum atomic E-state index is 5.99. The number of ether oxygens (including phenoxy) is 1. The van der Waals surface area contributed by atoms with Crippen LogP contribution in [-0.2, 0) is 4.74 Å². The molecule has 0 bridgehead atoms. The number of rotatable bonds is 7. The van der Waals surface area contributed by atoms with Gasteiger partial charge in [-0.05, 0) is 83.5 Å². The van der Waals surface area contributed by atoms with E-state index in [4.69, 9.17) is 4.74 Å². The average molecular weight is 311 g/mol. The van der Waals surface area contributed by atoms with E-state index in [1.165, 1.54) is 51.9 Å². The lowest BCUT2D eigenvalue weighted by atomic mass is 9.87. The van der Waals surface area contributed by atoms with Crippen molar-refractivity contribution in [1.29, 1.82) is 0 Å². The molecule has 0 aromatic heterocycles.